The number of rotatable bonds is 8. The molecule has 3 atom stereocenters. The molecule has 1 saturated carbocycles. The second kappa shape index (κ2) is 10.3. The molecule has 2 fully saturated rings. The number of carbonyl (C=O) groups excluding carboxylic acids is 1. The smallest absolute Gasteiger partial charge is 0.229 e. The number of allylic oxidation sites excluding steroid dienone is 2. The summed E-state index contributed by atoms with van der Waals surface area (Å²) in [4.78, 5) is 15.6. The van der Waals surface area contributed by atoms with E-state index in [9.17, 15) is 18.7 Å². The molecule has 2 unspecified atom stereocenters. The molecule has 1 aromatic rings. The summed E-state index contributed by atoms with van der Waals surface area (Å²) in [5, 5.41) is 17.0. The summed E-state index contributed by atoms with van der Waals surface area (Å²) in [6.45, 7) is 15.4. The van der Waals surface area contributed by atoms with Gasteiger partial charge in [-0.15, -0.1) is 0 Å². The lowest BCUT2D eigenvalue weighted by Crippen LogP contribution is -2.48. The lowest BCUT2D eigenvalue weighted by atomic mass is 9.63. The molecule has 1 amide bonds. The van der Waals surface area contributed by atoms with Crippen molar-refractivity contribution in [3.05, 3.63) is 66.4 Å². The van der Waals surface area contributed by atoms with Crippen LogP contribution < -0.4 is 0 Å². The highest BCUT2D eigenvalue weighted by molar-refractivity contribution is 5.84. The van der Waals surface area contributed by atoms with Crippen molar-refractivity contribution < 1.29 is 18.7 Å². The normalized spacial score (nSPS) is 26.9. The zero-order valence-electron chi connectivity index (χ0n) is 20.4. The number of likely N-dealkylation sites (tertiary alicyclic amines) is 1. The maximum absolute atomic E-state index is 14.5. The Morgan fingerprint density at radius 1 is 1.26 bits per heavy atom. The average molecular weight is 472 g/mol. The van der Waals surface area contributed by atoms with Crippen LogP contribution in [-0.4, -0.2) is 35.6 Å². The molecule has 5 nitrogen and oxygen atoms in total. The topological polar surface area (TPSA) is 65.3 Å². The molecule has 0 bridgehead atoms. The van der Waals surface area contributed by atoms with Crippen molar-refractivity contribution in [2.45, 2.75) is 46.5 Å². The quantitative estimate of drug-likeness (QED) is 0.366. The molecule has 0 aromatic heterocycles. The fourth-order valence-electron chi connectivity index (χ4n) is 5.59. The van der Waals surface area contributed by atoms with Crippen molar-refractivity contribution in [3.8, 4) is 0 Å². The third kappa shape index (κ3) is 4.76. The van der Waals surface area contributed by atoms with Gasteiger partial charge in [-0.3, -0.25) is 4.79 Å². The Hall–Kier alpha value is -2.67. The van der Waals surface area contributed by atoms with Crippen LogP contribution in [0.5, 0.6) is 0 Å². The molecule has 1 aliphatic heterocycles. The first-order valence-corrected chi connectivity index (χ1v) is 11.8. The van der Waals surface area contributed by atoms with Crippen molar-refractivity contribution in [2.75, 3.05) is 19.7 Å². The van der Waals surface area contributed by atoms with Crippen LogP contribution in [0, 0.1) is 34.3 Å². The number of hydrogen-bond acceptors (Lipinski definition) is 4. The largest absolute Gasteiger partial charge is 0.396 e. The summed E-state index contributed by atoms with van der Waals surface area (Å²) < 4.78 is 29.0. The summed E-state index contributed by atoms with van der Waals surface area (Å²) >= 11 is 0. The van der Waals surface area contributed by atoms with Crippen LogP contribution in [0.2, 0.25) is 0 Å². The van der Waals surface area contributed by atoms with Crippen LogP contribution in [0.3, 0.4) is 0 Å². The zero-order valence-corrected chi connectivity index (χ0v) is 20.4. The van der Waals surface area contributed by atoms with Gasteiger partial charge in [-0.05, 0) is 66.7 Å². The van der Waals surface area contributed by atoms with Gasteiger partial charge in [0.25, 0.3) is 0 Å². The van der Waals surface area contributed by atoms with E-state index in [0.717, 1.165) is 12.8 Å². The summed E-state index contributed by atoms with van der Waals surface area (Å²) in [5.74, 6) is -1.09. The van der Waals surface area contributed by atoms with Crippen molar-refractivity contribution in [2.24, 2.45) is 32.9 Å². The minimum Gasteiger partial charge on any atom is -0.396 e. The molecule has 1 aromatic carbocycles. The Morgan fingerprint density at radius 3 is 2.56 bits per heavy atom. The van der Waals surface area contributed by atoms with E-state index in [1.807, 2.05) is 11.8 Å². The Bertz CT molecular complexity index is 997. The van der Waals surface area contributed by atoms with E-state index < -0.39 is 22.5 Å². The molecule has 34 heavy (non-hydrogen) atoms. The Morgan fingerprint density at radius 2 is 1.94 bits per heavy atom. The lowest BCUT2D eigenvalue weighted by Gasteiger charge is -2.43. The number of hydrogen-bond donors (Lipinski definition) is 1. The highest BCUT2D eigenvalue weighted by Gasteiger charge is 2.57. The van der Waals surface area contributed by atoms with E-state index in [4.69, 9.17) is 0 Å². The molecular formula is C27H35F2N3O2. The molecule has 1 N–H and O–H groups in total. The Labute approximate surface area is 201 Å². The molecular weight excluding hydrogens is 436 g/mol. The first-order chi connectivity index (χ1) is 16.1. The summed E-state index contributed by atoms with van der Waals surface area (Å²) in [6.07, 6.45) is 5.81. The Kier molecular flexibility index (Phi) is 7.86. The van der Waals surface area contributed by atoms with Gasteiger partial charge >= 0.3 is 0 Å². The molecule has 0 radical (unpaired) electrons. The number of carbonyl (C=O) groups is 1. The summed E-state index contributed by atoms with van der Waals surface area (Å²) in [6, 6.07) is 3.65. The fraction of sp³-hybridized carbons (Fsp3) is 0.519. The molecule has 1 aliphatic carbocycles. The van der Waals surface area contributed by atoms with Gasteiger partial charge < -0.3 is 10.0 Å². The highest BCUT2D eigenvalue weighted by Crippen LogP contribution is 2.59. The highest BCUT2D eigenvalue weighted by atomic mass is 19.1. The number of amides is 1. The molecule has 1 saturated heterocycles. The predicted octanol–water partition coefficient (Wildman–Crippen LogP) is 6.13. The second-order valence-corrected chi connectivity index (χ2v) is 10.2. The second-order valence-electron chi connectivity index (χ2n) is 10.2. The zero-order chi connectivity index (χ0) is 25.1. The number of aliphatic hydroxyl groups is 1. The predicted molar refractivity (Wildman–Crippen MR) is 130 cm³/mol. The van der Waals surface area contributed by atoms with E-state index in [0.29, 0.717) is 37.4 Å². The summed E-state index contributed by atoms with van der Waals surface area (Å²) in [5.41, 5.74) is -0.629. The lowest BCUT2D eigenvalue weighted by molar-refractivity contribution is -0.146. The third-order valence-electron chi connectivity index (χ3n) is 8.04. The maximum Gasteiger partial charge on any atom is 0.229 e. The average Bonchev–Trinajstić information content (AvgIpc) is 3.34. The van der Waals surface area contributed by atoms with Crippen LogP contribution in [0.1, 0.15) is 52.0 Å². The van der Waals surface area contributed by atoms with Gasteiger partial charge in [-0.2, -0.15) is 10.2 Å². The Balaban J connectivity index is 1.89. The molecule has 7 heteroatoms. The third-order valence-corrected chi connectivity index (χ3v) is 8.04. The van der Waals surface area contributed by atoms with E-state index >= 15 is 0 Å². The summed E-state index contributed by atoms with van der Waals surface area (Å²) in [7, 11) is 0. The van der Waals surface area contributed by atoms with E-state index in [2.05, 4.69) is 37.2 Å². The minimum absolute atomic E-state index is 0.0302. The molecule has 2 aliphatic rings. The van der Waals surface area contributed by atoms with E-state index in [-0.39, 0.29) is 29.7 Å². The SMILES string of the molecule is C=CN=N/C(=C\C(=C)C1CC[C@](C)(C(=O)N2CCC(CCO)C2)C1(C)C)c1c(F)cccc1F. The van der Waals surface area contributed by atoms with E-state index in [1.54, 1.807) is 6.08 Å². The first kappa shape index (κ1) is 25.9. The molecule has 1 heterocycles. The molecule has 184 valence electrons. The van der Waals surface area contributed by atoms with Gasteiger partial charge in [-0.25, -0.2) is 8.78 Å². The van der Waals surface area contributed by atoms with Gasteiger partial charge in [0.2, 0.25) is 5.91 Å². The standard InChI is InChI=1S/C27H35F2N3O2/c1-6-30-31-23(24-21(28)8-7-9-22(24)29)16-18(2)20-10-13-27(5,26(20,3)4)25(34)32-14-11-19(17-32)12-15-33/h6-9,16,19-20,33H,1-2,10-15,17H2,3-5H3/b23-16-,31-30?/t19?,20?,27-/m1/s1. The van der Waals surface area contributed by atoms with Crippen LogP contribution >= 0.6 is 0 Å². The van der Waals surface area contributed by atoms with Crippen molar-refractivity contribution in [3.63, 3.8) is 0 Å². The molecule has 0 spiro atoms. The number of aliphatic hydroxyl groups excluding tert-OH is 1. The van der Waals surface area contributed by atoms with Gasteiger partial charge in [0, 0.05) is 25.9 Å². The fourth-order valence-corrected chi connectivity index (χ4v) is 5.59. The van der Waals surface area contributed by atoms with Gasteiger partial charge in [0.15, 0.2) is 0 Å². The van der Waals surface area contributed by atoms with Gasteiger partial charge in [0.05, 0.1) is 16.7 Å². The number of azo groups is 1. The first-order valence-electron chi connectivity index (χ1n) is 11.8. The van der Waals surface area contributed by atoms with Gasteiger partial charge in [-0.1, -0.05) is 40.0 Å². The minimum atomic E-state index is -0.737. The maximum atomic E-state index is 14.5. The number of nitrogens with zero attached hydrogens (tertiary/aromatic N) is 3. The van der Waals surface area contributed by atoms with Crippen molar-refractivity contribution >= 4 is 11.6 Å². The van der Waals surface area contributed by atoms with Crippen LogP contribution in [0.25, 0.3) is 5.70 Å². The van der Waals surface area contributed by atoms with Crippen molar-refractivity contribution in [1.29, 1.82) is 0 Å². The monoisotopic (exact) mass is 471 g/mol. The van der Waals surface area contributed by atoms with Crippen molar-refractivity contribution in [1.82, 2.24) is 4.90 Å². The van der Waals surface area contributed by atoms with Gasteiger partial charge in [0.1, 0.15) is 11.6 Å². The number of halogens is 2. The van der Waals surface area contributed by atoms with E-state index in [1.165, 1.54) is 24.4 Å². The number of benzene rings is 1. The van der Waals surface area contributed by atoms with Crippen LogP contribution in [0.15, 0.2) is 59.4 Å². The molecule has 3 rings (SSSR count). The van der Waals surface area contributed by atoms with Crippen LogP contribution in [0.4, 0.5) is 8.78 Å². The van der Waals surface area contributed by atoms with Crippen LogP contribution in [-0.2, 0) is 4.79 Å².